The number of hydrogen-bond donors (Lipinski definition) is 1. The van der Waals surface area contributed by atoms with Crippen molar-refractivity contribution < 1.29 is 0 Å². The van der Waals surface area contributed by atoms with E-state index in [9.17, 15) is 0 Å². The van der Waals surface area contributed by atoms with Gasteiger partial charge in [-0.2, -0.15) is 0 Å². The minimum atomic E-state index is 0.0339. The third-order valence-electron chi connectivity index (χ3n) is 4.13. The summed E-state index contributed by atoms with van der Waals surface area (Å²) in [6, 6.07) is 6.99. The van der Waals surface area contributed by atoms with Crippen molar-refractivity contribution >= 4 is 17.3 Å². The topological polar surface area (TPSA) is 29.3 Å². The summed E-state index contributed by atoms with van der Waals surface area (Å²) in [6.45, 7) is 7.61. The predicted molar refractivity (Wildman–Crippen MR) is 88.5 cm³/mol. The van der Waals surface area contributed by atoms with Crippen molar-refractivity contribution in [1.29, 1.82) is 0 Å². The van der Waals surface area contributed by atoms with Gasteiger partial charge < -0.3 is 10.6 Å². The molecule has 1 fully saturated rings. The van der Waals surface area contributed by atoms with E-state index in [2.05, 4.69) is 30.9 Å². The van der Waals surface area contributed by atoms with E-state index >= 15 is 0 Å². The lowest BCUT2D eigenvalue weighted by Crippen LogP contribution is -2.36. The standard InChI is InChI=1S/C17H27ClN2/c1-12(2)11-20(15-6-4-5-7-15)17-9-8-14(13(3)19)10-16(17)18/h8-10,12-13,15H,4-7,11,19H2,1-3H3. The highest BCUT2D eigenvalue weighted by Gasteiger charge is 2.25. The first-order valence-corrected chi connectivity index (χ1v) is 8.18. The van der Waals surface area contributed by atoms with Crippen molar-refractivity contribution in [3.8, 4) is 0 Å². The molecule has 2 nitrogen and oxygen atoms in total. The molecule has 3 heteroatoms. The minimum absolute atomic E-state index is 0.0339. The number of nitrogens with two attached hydrogens (primary N) is 1. The molecular weight excluding hydrogens is 268 g/mol. The third-order valence-corrected chi connectivity index (χ3v) is 4.44. The Bertz CT molecular complexity index is 437. The smallest absolute Gasteiger partial charge is 0.0642 e. The number of benzene rings is 1. The Balaban J connectivity index is 2.27. The Morgan fingerprint density at radius 3 is 2.40 bits per heavy atom. The summed E-state index contributed by atoms with van der Waals surface area (Å²) in [7, 11) is 0. The zero-order valence-electron chi connectivity index (χ0n) is 12.9. The second kappa shape index (κ2) is 6.82. The molecule has 0 saturated heterocycles. The van der Waals surface area contributed by atoms with Crippen molar-refractivity contribution in [1.82, 2.24) is 0 Å². The quantitative estimate of drug-likeness (QED) is 0.848. The SMILES string of the molecule is CC(C)CN(c1ccc(C(C)N)cc1Cl)C1CCCC1. The Morgan fingerprint density at radius 1 is 1.25 bits per heavy atom. The molecule has 1 saturated carbocycles. The second-order valence-corrected chi connectivity index (χ2v) is 6.89. The molecule has 0 aliphatic heterocycles. The molecule has 1 aliphatic carbocycles. The normalized spacial score (nSPS) is 17.7. The molecule has 0 aromatic heterocycles. The summed E-state index contributed by atoms with van der Waals surface area (Å²) in [5.74, 6) is 0.639. The first-order chi connectivity index (χ1) is 9.49. The molecule has 0 bridgehead atoms. The van der Waals surface area contributed by atoms with Gasteiger partial charge in [0.15, 0.2) is 0 Å². The summed E-state index contributed by atoms with van der Waals surface area (Å²) in [5, 5.41) is 0.840. The van der Waals surface area contributed by atoms with Gasteiger partial charge in [-0.25, -0.2) is 0 Å². The Kier molecular flexibility index (Phi) is 5.34. The number of nitrogens with zero attached hydrogens (tertiary/aromatic N) is 1. The maximum Gasteiger partial charge on any atom is 0.0642 e. The summed E-state index contributed by atoms with van der Waals surface area (Å²) in [4.78, 5) is 2.52. The monoisotopic (exact) mass is 294 g/mol. The number of hydrogen-bond acceptors (Lipinski definition) is 2. The molecule has 0 amide bonds. The van der Waals surface area contributed by atoms with E-state index in [1.165, 1.54) is 31.4 Å². The molecule has 1 unspecified atom stereocenters. The summed E-state index contributed by atoms with van der Waals surface area (Å²) < 4.78 is 0. The van der Waals surface area contributed by atoms with Gasteiger partial charge in [-0.1, -0.05) is 44.4 Å². The highest BCUT2D eigenvalue weighted by atomic mass is 35.5. The highest BCUT2D eigenvalue weighted by molar-refractivity contribution is 6.33. The summed E-state index contributed by atoms with van der Waals surface area (Å²) >= 11 is 6.53. The molecule has 1 aliphatic rings. The van der Waals surface area contributed by atoms with Crippen LogP contribution in [0, 0.1) is 5.92 Å². The Labute approximate surface area is 128 Å². The first kappa shape index (κ1) is 15.7. The van der Waals surface area contributed by atoms with Crippen molar-refractivity contribution in [2.45, 2.75) is 58.5 Å². The van der Waals surface area contributed by atoms with Crippen molar-refractivity contribution in [2.24, 2.45) is 11.7 Å². The molecule has 1 aromatic rings. The highest BCUT2D eigenvalue weighted by Crippen LogP contribution is 2.34. The van der Waals surface area contributed by atoms with Gasteiger partial charge in [-0.05, 0) is 43.4 Å². The van der Waals surface area contributed by atoms with Crippen LogP contribution in [0.15, 0.2) is 18.2 Å². The van der Waals surface area contributed by atoms with Gasteiger partial charge in [0.1, 0.15) is 0 Å². The van der Waals surface area contributed by atoms with E-state index in [1.54, 1.807) is 0 Å². The molecule has 1 atom stereocenters. The average molecular weight is 295 g/mol. The number of rotatable bonds is 5. The second-order valence-electron chi connectivity index (χ2n) is 6.48. The van der Waals surface area contributed by atoms with Crippen LogP contribution in [-0.4, -0.2) is 12.6 Å². The van der Waals surface area contributed by atoms with E-state index in [-0.39, 0.29) is 6.04 Å². The first-order valence-electron chi connectivity index (χ1n) is 7.80. The van der Waals surface area contributed by atoms with E-state index in [0.717, 1.165) is 17.1 Å². The zero-order valence-corrected chi connectivity index (χ0v) is 13.7. The van der Waals surface area contributed by atoms with Crippen molar-refractivity contribution in [2.75, 3.05) is 11.4 Å². The molecule has 112 valence electrons. The van der Waals surface area contributed by atoms with Crippen molar-refractivity contribution in [3.63, 3.8) is 0 Å². The van der Waals surface area contributed by atoms with Gasteiger partial charge in [0.2, 0.25) is 0 Å². The third kappa shape index (κ3) is 3.67. The molecule has 2 rings (SSSR count). The van der Waals surface area contributed by atoms with Gasteiger partial charge in [0.05, 0.1) is 10.7 Å². The lowest BCUT2D eigenvalue weighted by Gasteiger charge is -2.33. The van der Waals surface area contributed by atoms with E-state index in [4.69, 9.17) is 17.3 Å². The predicted octanol–water partition coefficient (Wildman–Crippen LogP) is 4.76. The van der Waals surface area contributed by atoms with Crippen LogP contribution in [0.3, 0.4) is 0 Å². The molecule has 0 heterocycles. The van der Waals surface area contributed by atoms with Crippen molar-refractivity contribution in [3.05, 3.63) is 28.8 Å². The molecule has 1 aromatic carbocycles. The van der Waals surface area contributed by atoms with Crippen LogP contribution in [-0.2, 0) is 0 Å². The lowest BCUT2D eigenvalue weighted by atomic mass is 10.1. The fourth-order valence-corrected chi connectivity index (χ4v) is 3.39. The molecule has 0 radical (unpaired) electrons. The minimum Gasteiger partial charge on any atom is -0.367 e. The maximum atomic E-state index is 6.53. The maximum absolute atomic E-state index is 6.53. The average Bonchev–Trinajstić information content (AvgIpc) is 2.89. The van der Waals surface area contributed by atoms with Crippen LogP contribution in [0.1, 0.15) is 58.1 Å². The van der Waals surface area contributed by atoms with Crippen LogP contribution in [0.4, 0.5) is 5.69 Å². The lowest BCUT2D eigenvalue weighted by molar-refractivity contribution is 0.536. The zero-order chi connectivity index (χ0) is 14.7. The molecular formula is C17H27ClN2. The van der Waals surface area contributed by atoms with E-state index in [1.807, 2.05) is 13.0 Å². The van der Waals surface area contributed by atoms with Crippen LogP contribution in [0.2, 0.25) is 5.02 Å². The van der Waals surface area contributed by atoms with Gasteiger partial charge in [0, 0.05) is 18.6 Å². The van der Waals surface area contributed by atoms with Crippen LogP contribution in [0.5, 0.6) is 0 Å². The molecule has 0 spiro atoms. The molecule has 2 N–H and O–H groups in total. The largest absolute Gasteiger partial charge is 0.367 e. The summed E-state index contributed by atoms with van der Waals surface area (Å²) in [5.41, 5.74) is 8.22. The number of anilines is 1. The molecule has 20 heavy (non-hydrogen) atoms. The Hall–Kier alpha value is -0.730. The van der Waals surface area contributed by atoms with Gasteiger partial charge in [0.25, 0.3) is 0 Å². The van der Waals surface area contributed by atoms with Crippen LogP contribution in [0.25, 0.3) is 0 Å². The van der Waals surface area contributed by atoms with Crippen LogP contribution >= 0.6 is 11.6 Å². The van der Waals surface area contributed by atoms with Crippen LogP contribution < -0.4 is 10.6 Å². The fourth-order valence-electron chi connectivity index (χ4n) is 3.09. The Morgan fingerprint density at radius 2 is 1.90 bits per heavy atom. The van der Waals surface area contributed by atoms with Gasteiger partial charge in [-0.3, -0.25) is 0 Å². The van der Waals surface area contributed by atoms with Gasteiger partial charge in [-0.15, -0.1) is 0 Å². The van der Waals surface area contributed by atoms with E-state index in [0.29, 0.717) is 12.0 Å². The summed E-state index contributed by atoms with van der Waals surface area (Å²) in [6.07, 6.45) is 5.26. The van der Waals surface area contributed by atoms with Gasteiger partial charge >= 0.3 is 0 Å². The fraction of sp³-hybridized carbons (Fsp3) is 0.647. The van der Waals surface area contributed by atoms with E-state index < -0.39 is 0 Å². The number of halogens is 1.